The second-order valence-electron chi connectivity index (χ2n) is 9.98. The molecule has 194 valence electrons. The molecule has 0 spiro atoms. The van der Waals surface area contributed by atoms with E-state index in [9.17, 15) is 14.4 Å². The first-order valence-electron chi connectivity index (χ1n) is 13.4. The fraction of sp³-hybridized carbons (Fsp3) is 0. The Hall–Kier alpha value is -5.61. The number of ketones is 3. The van der Waals surface area contributed by atoms with Gasteiger partial charge in [-0.3, -0.25) is 14.4 Å². The van der Waals surface area contributed by atoms with Crippen molar-refractivity contribution in [3.8, 4) is 0 Å². The van der Waals surface area contributed by atoms with E-state index >= 15 is 0 Å². The number of fused-ring (bicyclic) bond motifs is 2. The number of nitrogens with zero attached hydrogens (tertiary/aromatic N) is 1. The van der Waals surface area contributed by atoms with E-state index in [-0.39, 0.29) is 22.9 Å². The van der Waals surface area contributed by atoms with Gasteiger partial charge in [-0.1, -0.05) is 97.1 Å². The summed E-state index contributed by atoms with van der Waals surface area (Å²) in [5.74, 6) is -0.876. The number of rotatable bonds is 4. The lowest BCUT2D eigenvalue weighted by Crippen LogP contribution is -2.09. The minimum atomic E-state index is -0.340. The van der Waals surface area contributed by atoms with E-state index in [1.54, 1.807) is 48.5 Å². The Bertz CT molecular complexity index is 1840. The third kappa shape index (κ3) is 4.05. The number of carbonyl (C=O) groups is 3. The Morgan fingerprint density at radius 2 is 0.805 bits per heavy atom. The van der Waals surface area contributed by atoms with Gasteiger partial charge >= 0.3 is 0 Å². The van der Waals surface area contributed by atoms with Crippen molar-refractivity contribution in [1.29, 1.82) is 0 Å². The van der Waals surface area contributed by atoms with Gasteiger partial charge in [0.1, 0.15) is 0 Å². The molecule has 41 heavy (non-hydrogen) atoms. The molecule has 0 amide bonds. The Labute approximate surface area is 237 Å². The van der Waals surface area contributed by atoms with Crippen molar-refractivity contribution in [1.82, 2.24) is 0 Å². The van der Waals surface area contributed by atoms with Gasteiger partial charge in [-0.2, -0.15) is 0 Å². The predicted octanol–water partition coefficient (Wildman–Crippen LogP) is 8.27. The van der Waals surface area contributed by atoms with Crippen molar-refractivity contribution in [2.24, 2.45) is 0 Å². The molecule has 0 radical (unpaired) electrons. The number of anilines is 3. The number of hydrogen-bond donors (Lipinski definition) is 0. The number of allylic oxidation sites excluding steroid dienone is 3. The van der Waals surface area contributed by atoms with Crippen LogP contribution in [0.25, 0.3) is 11.6 Å². The maximum atomic E-state index is 13.7. The topological polar surface area (TPSA) is 54.5 Å². The normalized spacial score (nSPS) is 14.9. The van der Waals surface area contributed by atoms with Crippen molar-refractivity contribution in [2.75, 3.05) is 4.90 Å². The van der Waals surface area contributed by atoms with Crippen LogP contribution in [0, 0.1) is 0 Å². The molecule has 0 aliphatic heterocycles. The molecule has 0 fully saturated rings. The zero-order valence-corrected chi connectivity index (χ0v) is 22.0. The van der Waals surface area contributed by atoms with E-state index in [0.717, 1.165) is 22.6 Å². The van der Waals surface area contributed by atoms with Gasteiger partial charge in [0.2, 0.25) is 0 Å². The summed E-state index contributed by atoms with van der Waals surface area (Å²) in [6.07, 6.45) is 1.79. The summed E-state index contributed by atoms with van der Waals surface area (Å²) in [6.45, 7) is 0. The molecule has 0 unspecified atom stereocenters. The van der Waals surface area contributed by atoms with Crippen LogP contribution in [0.15, 0.2) is 145 Å². The number of Topliss-reactive ketones (excluding diaryl/α,β-unsaturated/α-hetero) is 3. The van der Waals surface area contributed by atoms with Gasteiger partial charge in [0.05, 0.1) is 5.57 Å². The summed E-state index contributed by atoms with van der Waals surface area (Å²) >= 11 is 0. The van der Waals surface area contributed by atoms with Crippen molar-refractivity contribution < 1.29 is 14.4 Å². The molecule has 0 aromatic heterocycles. The molecule has 5 aromatic carbocycles. The van der Waals surface area contributed by atoms with E-state index in [1.807, 2.05) is 66.7 Å². The molecule has 0 atom stereocenters. The Balaban J connectivity index is 1.34. The van der Waals surface area contributed by atoms with Crippen LogP contribution in [-0.4, -0.2) is 17.3 Å². The SMILES string of the molecule is O=C1C(=C2C(=Cc3ccc(N(c4ccccc4)c4ccccc4)cc3)C(=O)c3ccccc32)C(=O)c2ccccc21. The first-order chi connectivity index (χ1) is 20.1. The molecule has 0 N–H and O–H groups in total. The average molecular weight is 530 g/mol. The predicted molar refractivity (Wildman–Crippen MR) is 162 cm³/mol. The average Bonchev–Trinajstić information content (AvgIpc) is 3.44. The molecule has 7 rings (SSSR count). The van der Waals surface area contributed by atoms with E-state index in [0.29, 0.717) is 33.4 Å². The Morgan fingerprint density at radius 3 is 1.32 bits per heavy atom. The van der Waals surface area contributed by atoms with Gasteiger partial charge < -0.3 is 4.90 Å². The molecule has 2 aliphatic carbocycles. The van der Waals surface area contributed by atoms with Gasteiger partial charge in [0, 0.05) is 44.9 Å². The fourth-order valence-electron chi connectivity index (χ4n) is 5.68. The molecule has 0 saturated heterocycles. The molecule has 0 saturated carbocycles. The van der Waals surface area contributed by atoms with E-state index < -0.39 is 0 Å². The molecular formula is C37H23NO3. The molecule has 4 heteroatoms. The van der Waals surface area contributed by atoms with Crippen LogP contribution in [-0.2, 0) is 0 Å². The molecule has 0 bridgehead atoms. The smallest absolute Gasteiger partial charge is 0.198 e. The minimum Gasteiger partial charge on any atom is -0.311 e. The number of para-hydroxylation sites is 2. The summed E-state index contributed by atoms with van der Waals surface area (Å²) < 4.78 is 0. The Kier molecular flexibility index (Phi) is 5.87. The third-order valence-corrected chi connectivity index (χ3v) is 7.57. The van der Waals surface area contributed by atoms with Gasteiger partial charge in [0.15, 0.2) is 17.3 Å². The lowest BCUT2D eigenvalue weighted by atomic mass is 9.94. The molecule has 5 aromatic rings. The second kappa shape index (κ2) is 9.85. The van der Waals surface area contributed by atoms with Crippen LogP contribution in [0.4, 0.5) is 17.1 Å². The van der Waals surface area contributed by atoms with Crippen molar-refractivity contribution in [3.05, 3.63) is 172 Å². The van der Waals surface area contributed by atoms with Crippen LogP contribution < -0.4 is 4.90 Å². The monoisotopic (exact) mass is 529 g/mol. The molecular weight excluding hydrogens is 506 g/mol. The van der Waals surface area contributed by atoms with E-state index in [4.69, 9.17) is 0 Å². The Morgan fingerprint density at radius 1 is 0.390 bits per heavy atom. The summed E-state index contributed by atoms with van der Waals surface area (Å²) in [5, 5.41) is 0. The summed E-state index contributed by atoms with van der Waals surface area (Å²) in [4.78, 5) is 42.8. The van der Waals surface area contributed by atoms with Crippen molar-refractivity contribution in [3.63, 3.8) is 0 Å². The van der Waals surface area contributed by atoms with Gasteiger partial charge in [-0.15, -0.1) is 0 Å². The van der Waals surface area contributed by atoms with Crippen LogP contribution >= 0.6 is 0 Å². The van der Waals surface area contributed by atoms with Gasteiger partial charge in [-0.25, -0.2) is 0 Å². The van der Waals surface area contributed by atoms with Crippen molar-refractivity contribution >= 4 is 46.1 Å². The molecule has 4 nitrogen and oxygen atoms in total. The van der Waals surface area contributed by atoms with Crippen LogP contribution in [0.5, 0.6) is 0 Å². The quantitative estimate of drug-likeness (QED) is 0.174. The highest BCUT2D eigenvalue weighted by Gasteiger charge is 2.41. The summed E-state index contributed by atoms with van der Waals surface area (Å²) in [6, 6.07) is 42.2. The number of carbonyl (C=O) groups excluding carboxylic acids is 3. The highest BCUT2D eigenvalue weighted by Crippen LogP contribution is 2.43. The first-order valence-corrected chi connectivity index (χ1v) is 13.4. The van der Waals surface area contributed by atoms with Crippen molar-refractivity contribution in [2.45, 2.75) is 0 Å². The lowest BCUT2D eigenvalue weighted by molar-refractivity contribution is 0.0989. The third-order valence-electron chi connectivity index (χ3n) is 7.57. The maximum absolute atomic E-state index is 13.7. The standard InChI is InChI=1S/C37H23NO3/c39-35-29-16-8-7-15-28(29)33(34-36(40)30-17-9-10-18-31(30)37(34)41)32(35)23-24-19-21-27(22-20-24)38(25-11-3-1-4-12-25)26-13-5-2-6-14-26/h1-23H. The minimum absolute atomic E-state index is 0.0618. The van der Waals surface area contributed by atoms with Gasteiger partial charge in [0.25, 0.3) is 0 Å². The maximum Gasteiger partial charge on any atom is 0.198 e. The zero-order chi connectivity index (χ0) is 27.9. The molecule has 2 aliphatic rings. The number of benzene rings is 5. The van der Waals surface area contributed by atoms with E-state index in [2.05, 4.69) is 29.2 Å². The lowest BCUT2D eigenvalue weighted by Gasteiger charge is -2.25. The van der Waals surface area contributed by atoms with Crippen LogP contribution in [0.1, 0.15) is 42.2 Å². The second-order valence-corrected chi connectivity index (χ2v) is 9.98. The largest absolute Gasteiger partial charge is 0.311 e. The highest BCUT2D eigenvalue weighted by molar-refractivity contribution is 6.46. The fourth-order valence-corrected chi connectivity index (χ4v) is 5.68. The van der Waals surface area contributed by atoms with Gasteiger partial charge in [-0.05, 0) is 53.6 Å². The first kappa shape index (κ1) is 24.4. The summed E-state index contributed by atoms with van der Waals surface area (Å²) in [5.41, 5.74) is 6.49. The zero-order valence-electron chi connectivity index (χ0n) is 22.0. The van der Waals surface area contributed by atoms with E-state index in [1.165, 1.54) is 0 Å². The summed E-state index contributed by atoms with van der Waals surface area (Å²) in [7, 11) is 0. The van der Waals surface area contributed by atoms with Crippen LogP contribution in [0.3, 0.4) is 0 Å². The highest BCUT2D eigenvalue weighted by atomic mass is 16.2. The molecule has 0 heterocycles. The van der Waals surface area contributed by atoms with Crippen LogP contribution in [0.2, 0.25) is 0 Å². The number of hydrogen-bond acceptors (Lipinski definition) is 4.